The van der Waals surface area contributed by atoms with Crippen LogP contribution < -0.4 is 5.84 Å². The van der Waals surface area contributed by atoms with Crippen molar-refractivity contribution in [2.45, 2.75) is 95.9 Å². The molecule has 2 unspecified atom stereocenters. The maximum Gasteiger partial charge on any atom is 0.267 e. The fourth-order valence-corrected chi connectivity index (χ4v) is 5.16. The van der Waals surface area contributed by atoms with Gasteiger partial charge in [0.25, 0.3) is 11.8 Å². The van der Waals surface area contributed by atoms with Crippen LogP contribution in [-0.2, 0) is 9.59 Å². The highest BCUT2D eigenvalue weighted by Gasteiger charge is 2.34. The average Bonchev–Trinajstić information content (AvgIpc) is 2.78. The minimum Gasteiger partial charge on any atom is -0.508 e. The zero-order chi connectivity index (χ0) is 31.0. The number of amides is 2. The minimum atomic E-state index is -0.612. The molecule has 2 amide bonds. The molecule has 0 radical (unpaired) electrons. The van der Waals surface area contributed by atoms with Gasteiger partial charge in [-0.1, -0.05) is 107 Å². The van der Waals surface area contributed by atoms with Crippen LogP contribution in [0.15, 0.2) is 70.3 Å². The van der Waals surface area contributed by atoms with Crippen molar-refractivity contribution in [2.75, 3.05) is 0 Å². The van der Waals surface area contributed by atoms with Crippen LogP contribution in [0.4, 0.5) is 0 Å². The smallest absolute Gasteiger partial charge is 0.267 e. The molecule has 0 aromatic rings. The van der Waals surface area contributed by atoms with E-state index in [9.17, 15) is 19.8 Å². The summed E-state index contributed by atoms with van der Waals surface area (Å²) in [6, 6.07) is 0. The van der Waals surface area contributed by atoms with E-state index in [0.717, 1.165) is 22.3 Å². The van der Waals surface area contributed by atoms with Crippen molar-refractivity contribution in [3.05, 3.63) is 70.3 Å². The predicted molar refractivity (Wildman–Crippen MR) is 164 cm³/mol. The van der Waals surface area contributed by atoms with Crippen LogP contribution in [0.3, 0.4) is 0 Å². The lowest BCUT2D eigenvalue weighted by atomic mass is 9.71. The number of aliphatic hydroxyl groups excluding tert-OH is 2. The van der Waals surface area contributed by atoms with Crippen LogP contribution in [-0.4, -0.2) is 27.0 Å². The number of nitrogens with two attached hydrogens (primary N) is 1. The minimum absolute atomic E-state index is 0.110. The summed E-state index contributed by atoms with van der Waals surface area (Å²) in [5.41, 5.74) is 2.58. The van der Waals surface area contributed by atoms with E-state index < -0.39 is 11.8 Å². The second-order valence-corrected chi connectivity index (χ2v) is 15.3. The zero-order valence-corrected chi connectivity index (χ0v) is 26.8. The van der Waals surface area contributed by atoms with E-state index in [2.05, 4.69) is 41.5 Å². The predicted octanol–water partition coefficient (Wildman–Crippen LogP) is 8.03. The Morgan fingerprint density at radius 1 is 0.675 bits per heavy atom. The van der Waals surface area contributed by atoms with Crippen LogP contribution in [0.2, 0.25) is 0 Å². The average molecular weight is 553 g/mol. The van der Waals surface area contributed by atoms with Gasteiger partial charge in [-0.25, -0.2) is 10.9 Å². The first-order valence-electron chi connectivity index (χ1n) is 14.2. The third kappa shape index (κ3) is 8.09. The van der Waals surface area contributed by atoms with E-state index in [4.69, 9.17) is 5.84 Å². The maximum absolute atomic E-state index is 12.8. The Morgan fingerprint density at radius 2 is 0.975 bits per heavy atom. The molecule has 4 N–H and O–H groups in total. The maximum atomic E-state index is 12.8. The van der Waals surface area contributed by atoms with Crippen molar-refractivity contribution in [3.8, 4) is 0 Å². The first-order chi connectivity index (χ1) is 17.9. The van der Waals surface area contributed by atoms with Crippen LogP contribution in [0.1, 0.15) is 95.9 Å². The lowest BCUT2D eigenvalue weighted by molar-refractivity contribution is -0.139. The molecule has 0 aromatic heterocycles. The Kier molecular flexibility index (Phi) is 9.63. The van der Waals surface area contributed by atoms with Crippen molar-refractivity contribution in [1.29, 1.82) is 0 Å². The van der Waals surface area contributed by atoms with E-state index >= 15 is 0 Å². The number of hydrazine groups is 1. The van der Waals surface area contributed by atoms with Crippen molar-refractivity contribution in [2.24, 2.45) is 39.3 Å². The van der Waals surface area contributed by atoms with Gasteiger partial charge in [0.15, 0.2) is 0 Å². The second-order valence-electron chi connectivity index (χ2n) is 15.3. The summed E-state index contributed by atoms with van der Waals surface area (Å²) in [5.74, 6) is 5.15. The molecule has 0 spiro atoms. The van der Waals surface area contributed by atoms with Gasteiger partial charge < -0.3 is 10.2 Å². The number of hydrogen-bond donors (Lipinski definition) is 3. The number of nitrogens with zero attached hydrogens (tertiary/aromatic N) is 1. The molecule has 0 fully saturated rings. The van der Waals surface area contributed by atoms with Crippen LogP contribution in [0, 0.1) is 33.5 Å². The fourth-order valence-electron chi connectivity index (χ4n) is 5.16. The molecular formula is C34H52N2O4. The van der Waals surface area contributed by atoms with Gasteiger partial charge in [-0.15, -0.1) is 0 Å². The SMILES string of the molecule is CC(C)(C)C1=CC(C=CC(=O)N(N)C(=O)C=CC2C=C(C(C)(C)C)C(O)=C(C(C)(C)C)C2)CC(C(C)(C)C)=C1O. The largest absolute Gasteiger partial charge is 0.508 e. The molecule has 0 saturated carbocycles. The van der Waals surface area contributed by atoms with E-state index in [1.807, 2.05) is 53.7 Å². The number of imide groups is 1. The summed E-state index contributed by atoms with van der Waals surface area (Å²) in [4.78, 5) is 25.7. The molecule has 2 aliphatic rings. The highest BCUT2D eigenvalue weighted by Crippen LogP contribution is 2.45. The summed E-state index contributed by atoms with van der Waals surface area (Å²) in [6.45, 7) is 24.7. The Bertz CT molecular complexity index is 1100. The number of rotatable bonds is 4. The van der Waals surface area contributed by atoms with Crippen LogP contribution >= 0.6 is 0 Å². The summed E-state index contributed by atoms with van der Waals surface area (Å²) >= 11 is 0. The molecule has 0 bridgehead atoms. The van der Waals surface area contributed by atoms with Crippen molar-refractivity contribution in [3.63, 3.8) is 0 Å². The summed E-state index contributed by atoms with van der Waals surface area (Å²) < 4.78 is 0. The van der Waals surface area contributed by atoms with E-state index in [1.54, 1.807) is 12.2 Å². The van der Waals surface area contributed by atoms with Gasteiger partial charge in [-0.3, -0.25) is 9.59 Å². The Morgan fingerprint density at radius 3 is 1.23 bits per heavy atom. The molecule has 222 valence electrons. The number of carbonyl (C=O) groups excluding carboxylic acids is 2. The van der Waals surface area contributed by atoms with Crippen molar-refractivity contribution in [1.82, 2.24) is 5.01 Å². The van der Waals surface area contributed by atoms with Crippen LogP contribution in [0.5, 0.6) is 0 Å². The lowest BCUT2D eigenvalue weighted by Gasteiger charge is -2.35. The summed E-state index contributed by atoms with van der Waals surface area (Å²) in [5, 5.41) is 22.6. The van der Waals surface area contributed by atoms with Gasteiger partial charge >= 0.3 is 0 Å². The highest BCUT2D eigenvalue weighted by molar-refractivity contribution is 6.04. The van der Waals surface area contributed by atoms with E-state index in [0.29, 0.717) is 29.4 Å². The standard InChI is InChI=1S/C34H52N2O4/c1-31(2,3)23-17-21(18-24(29(23)39)32(4,5)6)13-15-27(37)36(35)28(38)16-14-22-19-25(33(7,8)9)30(40)26(20-22)34(10,11)12/h13-17,19,21-22,39-40H,18,20,35H2,1-12H3. The monoisotopic (exact) mass is 552 g/mol. The van der Waals surface area contributed by atoms with Gasteiger partial charge in [0.1, 0.15) is 11.5 Å². The normalized spacial score (nSPS) is 21.7. The first kappa shape index (κ1) is 33.3. The van der Waals surface area contributed by atoms with Crippen molar-refractivity contribution >= 4 is 11.8 Å². The Hall–Kier alpha value is -2.86. The molecule has 6 heteroatoms. The Balaban J connectivity index is 2.22. The third-order valence-corrected chi connectivity index (χ3v) is 7.60. The van der Waals surface area contributed by atoms with Gasteiger partial charge in [-0.05, 0) is 68.6 Å². The molecule has 6 nitrogen and oxygen atoms in total. The fraction of sp³-hybridized carbons (Fsp3) is 0.588. The molecule has 0 saturated heterocycles. The van der Waals surface area contributed by atoms with Crippen molar-refractivity contribution < 1.29 is 19.8 Å². The van der Waals surface area contributed by atoms with Gasteiger partial charge in [0, 0.05) is 12.2 Å². The zero-order valence-electron chi connectivity index (χ0n) is 26.8. The third-order valence-electron chi connectivity index (χ3n) is 7.60. The summed E-state index contributed by atoms with van der Waals surface area (Å²) in [7, 11) is 0. The quantitative estimate of drug-likeness (QED) is 0.142. The van der Waals surface area contributed by atoms with Crippen LogP contribution in [0.25, 0.3) is 0 Å². The molecule has 0 heterocycles. The number of hydrogen-bond acceptors (Lipinski definition) is 5. The molecule has 2 aliphatic carbocycles. The molecule has 0 aliphatic heterocycles. The Labute approximate surface area is 242 Å². The van der Waals surface area contributed by atoms with Gasteiger partial charge in [0.2, 0.25) is 0 Å². The number of aliphatic hydroxyl groups is 2. The lowest BCUT2D eigenvalue weighted by Crippen LogP contribution is -2.40. The van der Waals surface area contributed by atoms with Gasteiger partial charge in [0.05, 0.1) is 0 Å². The van der Waals surface area contributed by atoms with E-state index in [1.165, 1.54) is 12.2 Å². The van der Waals surface area contributed by atoms with Gasteiger partial charge in [-0.2, -0.15) is 0 Å². The molecule has 2 rings (SSSR count). The molecule has 0 aromatic carbocycles. The molecule has 40 heavy (non-hydrogen) atoms. The highest BCUT2D eigenvalue weighted by atomic mass is 16.3. The molecular weight excluding hydrogens is 500 g/mol. The molecule has 2 atom stereocenters. The number of carbonyl (C=O) groups is 2. The summed E-state index contributed by atoms with van der Waals surface area (Å²) in [6.07, 6.45) is 11.3. The second kappa shape index (κ2) is 11.6. The topological polar surface area (TPSA) is 104 Å². The number of allylic oxidation sites excluding steroid dienone is 8. The first-order valence-corrected chi connectivity index (χ1v) is 14.2. The van der Waals surface area contributed by atoms with E-state index in [-0.39, 0.29) is 33.5 Å².